The quantitative estimate of drug-likeness (QED) is 0.791. The zero-order valence-corrected chi connectivity index (χ0v) is 10.7. The molecular formula is C10H15BrN4O. The van der Waals surface area contributed by atoms with Crippen molar-refractivity contribution in [1.29, 1.82) is 0 Å². The van der Waals surface area contributed by atoms with Crippen LogP contribution in [0.1, 0.15) is 6.92 Å². The molecular weight excluding hydrogens is 272 g/mol. The fourth-order valence-corrected chi connectivity index (χ4v) is 1.61. The molecule has 88 valence electrons. The summed E-state index contributed by atoms with van der Waals surface area (Å²) in [6.45, 7) is 3.56. The first-order valence-electron chi connectivity index (χ1n) is 5.05. The Balaban J connectivity index is 2.79. The summed E-state index contributed by atoms with van der Waals surface area (Å²) in [6, 6.07) is 0. The van der Waals surface area contributed by atoms with Crippen molar-refractivity contribution in [2.45, 2.75) is 13.5 Å². The van der Waals surface area contributed by atoms with E-state index in [0.717, 1.165) is 0 Å². The van der Waals surface area contributed by atoms with Gasteiger partial charge in [-0.25, -0.2) is 4.68 Å². The molecule has 3 N–H and O–H groups in total. The van der Waals surface area contributed by atoms with Gasteiger partial charge in [-0.3, -0.25) is 4.79 Å². The Morgan fingerprint density at radius 2 is 2.38 bits per heavy atom. The van der Waals surface area contributed by atoms with Gasteiger partial charge in [0.1, 0.15) is 4.47 Å². The number of aromatic nitrogens is 2. The summed E-state index contributed by atoms with van der Waals surface area (Å²) in [5.74, 6) is 0. The molecule has 1 aromatic heterocycles. The van der Waals surface area contributed by atoms with Crippen LogP contribution in [-0.4, -0.2) is 22.9 Å². The Kier molecular flexibility index (Phi) is 5.21. The Morgan fingerprint density at radius 1 is 1.62 bits per heavy atom. The average molecular weight is 287 g/mol. The highest BCUT2D eigenvalue weighted by Gasteiger charge is 2.06. The van der Waals surface area contributed by atoms with Gasteiger partial charge in [-0.1, -0.05) is 12.2 Å². The van der Waals surface area contributed by atoms with Gasteiger partial charge < -0.3 is 11.1 Å². The largest absolute Gasteiger partial charge is 0.379 e. The summed E-state index contributed by atoms with van der Waals surface area (Å²) in [4.78, 5) is 11.7. The predicted molar refractivity (Wildman–Crippen MR) is 68.6 cm³/mol. The highest BCUT2D eigenvalue weighted by molar-refractivity contribution is 9.10. The third-order valence-corrected chi connectivity index (χ3v) is 2.76. The molecule has 6 heteroatoms. The Labute approximate surface area is 102 Å². The number of hydrogen-bond donors (Lipinski definition) is 2. The molecule has 1 rings (SSSR count). The molecule has 0 fully saturated rings. The van der Waals surface area contributed by atoms with Crippen molar-refractivity contribution >= 4 is 21.6 Å². The lowest BCUT2D eigenvalue weighted by atomic mass is 10.4. The third kappa shape index (κ3) is 3.18. The molecule has 0 aliphatic heterocycles. The number of rotatable bonds is 5. The minimum atomic E-state index is -0.129. The number of nitrogens with two attached hydrogens (primary N) is 1. The van der Waals surface area contributed by atoms with Crippen LogP contribution in [0, 0.1) is 0 Å². The van der Waals surface area contributed by atoms with Crippen LogP contribution < -0.4 is 16.6 Å². The normalized spacial score (nSPS) is 10.9. The number of nitrogens with zero attached hydrogens (tertiary/aromatic N) is 2. The summed E-state index contributed by atoms with van der Waals surface area (Å²) >= 11 is 3.26. The van der Waals surface area contributed by atoms with E-state index in [1.807, 2.05) is 19.1 Å². The summed E-state index contributed by atoms with van der Waals surface area (Å²) in [5, 5.41) is 7.09. The van der Waals surface area contributed by atoms with Gasteiger partial charge in [0.05, 0.1) is 11.9 Å². The van der Waals surface area contributed by atoms with E-state index in [9.17, 15) is 4.79 Å². The van der Waals surface area contributed by atoms with Gasteiger partial charge in [-0.2, -0.15) is 5.10 Å². The standard InChI is InChI=1S/C10H15BrN4O/c1-2-15-10(16)9(11)8(7-14-15)13-6-4-3-5-12/h3-4,7,13H,2,5-6,12H2,1H3/b4-3+. The van der Waals surface area contributed by atoms with Crippen LogP contribution in [0.25, 0.3) is 0 Å². The van der Waals surface area contributed by atoms with Crippen molar-refractivity contribution in [3.8, 4) is 0 Å². The highest BCUT2D eigenvalue weighted by Crippen LogP contribution is 2.15. The lowest BCUT2D eigenvalue weighted by molar-refractivity contribution is 0.613. The first-order chi connectivity index (χ1) is 7.70. The van der Waals surface area contributed by atoms with Crippen LogP contribution in [0.3, 0.4) is 0 Å². The van der Waals surface area contributed by atoms with Crippen LogP contribution >= 0.6 is 15.9 Å². The maximum atomic E-state index is 11.7. The van der Waals surface area contributed by atoms with Gasteiger partial charge in [-0.05, 0) is 22.9 Å². The van der Waals surface area contributed by atoms with E-state index in [0.29, 0.717) is 29.8 Å². The zero-order valence-electron chi connectivity index (χ0n) is 9.11. The lowest BCUT2D eigenvalue weighted by Gasteiger charge is -2.07. The van der Waals surface area contributed by atoms with Gasteiger partial charge in [0.15, 0.2) is 0 Å². The van der Waals surface area contributed by atoms with Gasteiger partial charge in [-0.15, -0.1) is 0 Å². The predicted octanol–water partition coefficient (Wildman–Crippen LogP) is 0.952. The minimum Gasteiger partial charge on any atom is -0.379 e. The van der Waals surface area contributed by atoms with Crippen LogP contribution in [-0.2, 0) is 6.54 Å². The summed E-state index contributed by atoms with van der Waals surface area (Å²) < 4.78 is 1.90. The molecule has 0 saturated heterocycles. The minimum absolute atomic E-state index is 0.129. The van der Waals surface area contributed by atoms with Crippen LogP contribution in [0.2, 0.25) is 0 Å². The van der Waals surface area contributed by atoms with E-state index < -0.39 is 0 Å². The topological polar surface area (TPSA) is 72.9 Å². The molecule has 0 unspecified atom stereocenters. The van der Waals surface area contributed by atoms with Gasteiger partial charge >= 0.3 is 0 Å². The Morgan fingerprint density at radius 3 is 3.00 bits per heavy atom. The smallest absolute Gasteiger partial charge is 0.283 e. The molecule has 5 nitrogen and oxygen atoms in total. The third-order valence-electron chi connectivity index (χ3n) is 2.00. The number of anilines is 1. The molecule has 0 radical (unpaired) electrons. The maximum absolute atomic E-state index is 11.7. The molecule has 0 aromatic carbocycles. The van der Waals surface area contributed by atoms with Crippen molar-refractivity contribution < 1.29 is 0 Å². The fraction of sp³-hybridized carbons (Fsp3) is 0.400. The molecule has 0 aliphatic carbocycles. The van der Waals surface area contributed by atoms with E-state index in [1.165, 1.54) is 4.68 Å². The Bertz CT molecular complexity index is 427. The maximum Gasteiger partial charge on any atom is 0.283 e. The van der Waals surface area contributed by atoms with E-state index in [2.05, 4.69) is 26.3 Å². The summed E-state index contributed by atoms with van der Waals surface area (Å²) in [5.41, 5.74) is 5.87. The molecule has 1 aromatic rings. The van der Waals surface area contributed by atoms with Gasteiger partial charge in [0.25, 0.3) is 5.56 Å². The molecule has 1 heterocycles. The first-order valence-corrected chi connectivity index (χ1v) is 5.84. The molecule has 0 aliphatic rings. The Hall–Kier alpha value is -1.14. The lowest BCUT2D eigenvalue weighted by Crippen LogP contribution is -2.23. The molecule has 0 amide bonds. The van der Waals surface area contributed by atoms with Crippen molar-refractivity contribution in [3.05, 3.63) is 33.2 Å². The van der Waals surface area contributed by atoms with Gasteiger partial charge in [0, 0.05) is 19.6 Å². The summed E-state index contributed by atoms with van der Waals surface area (Å²) in [6.07, 6.45) is 5.38. The van der Waals surface area contributed by atoms with Crippen molar-refractivity contribution in [2.75, 3.05) is 18.4 Å². The monoisotopic (exact) mass is 286 g/mol. The number of halogens is 1. The van der Waals surface area contributed by atoms with E-state index in [1.54, 1.807) is 6.20 Å². The van der Waals surface area contributed by atoms with E-state index >= 15 is 0 Å². The molecule has 16 heavy (non-hydrogen) atoms. The molecule has 0 saturated carbocycles. The number of hydrogen-bond acceptors (Lipinski definition) is 4. The SMILES string of the molecule is CCn1ncc(NC/C=C/CN)c(Br)c1=O. The molecule has 0 spiro atoms. The van der Waals surface area contributed by atoms with E-state index in [4.69, 9.17) is 5.73 Å². The molecule has 0 bridgehead atoms. The van der Waals surface area contributed by atoms with Crippen LogP contribution in [0.5, 0.6) is 0 Å². The second kappa shape index (κ2) is 6.44. The van der Waals surface area contributed by atoms with Crippen molar-refractivity contribution in [3.63, 3.8) is 0 Å². The number of aryl methyl sites for hydroxylation is 1. The first kappa shape index (κ1) is 12.9. The zero-order chi connectivity index (χ0) is 12.0. The average Bonchev–Trinajstić information content (AvgIpc) is 2.30. The van der Waals surface area contributed by atoms with Crippen molar-refractivity contribution in [1.82, 2.24) is 9.78 Å². The van der Waals surface area contributed by atoms with Crippen LogP contribution in [0.4, 0.5) is 5.69 Å². The highest BCUT2D eigenvalue weighted by atomic mass is 79.9. The van der Waals surface area contributed by atoms with E-state index in [-0.39, 0.29) is 5.56 Å². The summed E-state index contributed by atoms with van der Waals surface area (Å²) in [7, 11) is 0. The van der Waals surface area contributed by atoms with Crippen molar-refractivity contribution in [2.24, 2.45) is 5.73 Å². The second-order valence-corrected chi connectivity index (χ2v) is 3.87. The molecule has 0 atom stereocenters. The fourth-order valence-electron chi connectivity index (χ4n) is 1.16. The van der Waals surface area contributed by atoms with Gasteiger partial charge in [0.2, 0.25) is 0 Å². The van der Waals surface area contributed by atoms with Crippen LogP contribution in [0.15, 0.2) is 27.6 Å². The number of nitrogens with one attached hydrogen (secondary N) is 1. The second-order valence-electron chi connectivity index (χ2n) is 3.08.